The van der Waals surface area contributed by atoms with Crippen LogP contribution in [0.4, 0.5) is 5.69 Å². The van der Waals surface area contributed by atoms with Crippen LogP contribution in [0.3, 0.4) is 0 Å². The Balaban J connectivity index is 1.74. The lowest BCUT2D eigenvalue weighted by atomic mass is 9.87. The molecule has 0 aromatic heterocycles. The normalized spacial score (nSPS) is 15.9. The second kappa shape index (κ2) is 6.66. The average molecular weight is 303 g/mol. The van der Waals surface area contributed by atoms with Crippen LogP contribution in [0.25, 0.3) is 6.08 Å². The van der Waals surface area contributed by atoms with Gasteiger partial charge in [-0.15, -0.1) is 0 Å². The SMILES string of the molecule is CN(C)c1ccc(C=CC=C2CCc3ccccc3C2=O)cc1. The van der Waals surface area contributed by atoms with Crippen molar-refractivity contribution in [2.45, 2.75) is 12.8 Å². The third-order valence-electron chi connectivity index (χ3n) is 4.21. The summed E-state index contributed by atoms with van der Waals surface area (Å²) in [5.74, 6) is 0.166. The summed E-state index contributed by atoms with van der Waals surface area (Å²) in [6.45, 7) is 0. The molecule has 1 aliphatic carbocycles. The molecular weight excluding hydrogens is 282 g/mol. The summed E-state index contributed by atoms with van der Waals surface area (Å²) in [4.78, 5) is 14.5. The van der Waals surface area contributed by atoms with Crippen molar-refractivity contribution in [1.29, 1.82) is 0 Å². The molecular formula is C21H21NO. The number of nitrogens with zero attached hydrogens (tertiary/aromatic N) is 1. The van der Waals surface area contributed by atoms with Gasteiger partial charge in [0.25, 0.3) is 0 Å². The van der Waals surface area contributed by atoms with E-state index in [0.29, 0.717) is 0 Å². The first kappa shape index (κ1) is 15.3. The third-order valence-corrected chi connectivity index (χ3v) is 4.21. The van der Waals surface area contributed by atoms with Crippen LogP contribution in [0.15, 0.2) is 66.3 Å². The van der Waals surface area contributed by atoms with Crippen molar-refractivity contribution in [2.75, 3.05) is 19.0 Å². The van der Waals surface area contributed by atoms with E-state index in [0.717, 1.165) is 35.1 Å². The van der Waals surface area contributed by atoms with Crippen LogP contribution in [0.1, 0.15) is 27.9 Å². The van der Waals surface area contributed by atoms with E-state index < -0.39 is 0 Å². The molecule has 2 nitrogen and oxygen atoms in total. The second-order valence-corrected chi connectivity index (χ2v) is 6.02. The minimum Gasteiger partial charge on any atom is -0.378 e. The van der Waals surface area contributed by atoms with Gasteiger partial charge in [0.15, 0.2) is 5.78 Å². The van der Waals surface area contributed by atoms with Crippen molar-refractivity contribution >= 4 is 17.5 Å². The summed E-state index contributed by atoms with van der Waals surface area (Å²) < 4.78 is 0. The molecule has 0 N–H and O–H groups in total. The van der Waals surface area contributed by atoms with Gasteiger partial charge < -0.3 is 4.90 Å². The molecule has 116 valence electrons. The van der Waals surface area contributed by atoms with E-state index in [9.17, 15) is 4.79 Å². The standard InChI is InChI=1S/C21H21NO/c1-22(2)19-14-10-16(11-15-19)6-5-8-18-13-12-17-7-3-4-9-20(17)21(18)23/h3-11,14-15H,12-13H2,1-2H3. The Kier molecular flexibility index (Phi) is 4.42. The number of benzene rings is 2. The van der Waals surface area contributed by atoms with Gasteiger partial charge in [-0.1, -0.05) is 54.6 Å². The maximum Gasteiger partial charge on any atom is 0.189 e. The highest BCUT2D eigenvalue weighted by Crippen LogP contribution is 2.25. The Labute approximate surface area is 137 Å². The first-order valence-corrected chi connectivity index (χ1v) is 7.92. The number of aryl methyl sites for hydroxylation is 1. The van der Waals surface area contributed by atoms with Crippen LogP contribution in [-0.2, 0) is 6.42 Å². The van der Waals surface area contributed by atoms with Crippen molar-refractivity contribution < 1.29 is 4.79 Å². The highest BCUT2D eigenvalue weighted by atomic mass is 16.1. The Morgan fingerprint density at radius 2 is 1.70 bits per heavy atom. The van der Waals surface area contributed by atoms with Crippen molar-refractivity contribution in [3.8, 4) is 0 Å². The predicted octanol–water partition coefficient (Wildman–Crippen LogP) is 4.52. The van der Waals surface area contributed by atoms with E-state index in [1.54, 1.807) is 0 Å². The average Bonchev–Trinajstić information content (AvgIpc) is 2.57. The molecule has 2 aromatic carbocycles. The summed E-state index contributed by atoms with van der Waals surface area (Å²) in [6, 6.07) is 16.3. The van der Waals surface area contributed by atoms with Gasteiger partial charge in [0, 0.05) is 30.9 Å². The number of rotatable bonds is 3. The first-order valence-electron chi connectivity index (χ1n) is 7.92. The molecule has 0 radical (unpaired) electrons. The van der Waals surface area contributed by atoms with Gasteiger partial charge in [-0.3, -0.25) is 4.79 Å². The summed E-state index contributed by atoms with van der Waals surface area (Å²) in [7, 11) is 4.06. The van der Waals surface area contributed by atoms with Crippen LogP contribution >= 0.6 is 0 Å². The minimum absolute atomic E-state index is 0.166. The number of anilines is 1. The molecule has 0 atom stereocenters. The molecule has 0 fully saturated rings. The number of hydrogen-bond donors (Lipinski definition) is 0. The lowest BCUT2D eigenvalue weighted by Gasteiger charge is -2.16. The first-order chi connectivity index (χ1) is 11.1. The number of carbonyl (C=O) groups is 1. The molecule has 23 heavy (non-hydrogen) atoms. The molecule has 2 heteroatoms. The van der Waals surface area contributed by atoms with Crippen molar-refractivity contribution in [1.82, 2.24) is 0 Å². The summed E-state index contributed by atoms with van der Waals surface area (Å²) in [5, 5.41) is 0. The van der Waals surface area contributed by atoms with Gasteiger partial charge in [-0.25, -0.2) is 0 Å². The van der Waals surface area contributed by atoms with Crippen LogP contribution in [0.5, 0.6) is 0 Å². The van der Waals surface area contributed by atoms with Crippen LogP contribution in [0.2, 0.25) is 0 Å². The van der Waals surface area contributed by atoms with E-state index >= 15 is 0 Å². The second-order valence-electron chi connectivity index (χ2n) is 6.02. The van der Waals surface area contributed by atoms with Gasteiger partial charge in [-0.2, -0.15) is 0 Å². The highest BCUT2D eigenvalue weighted by molar-refractivity contribution is 6.10. The molecule has 2 aromatic rings. The van der Waals surface area contributed by atoms with E-state index in [1.165, 1.54) is 5.69 Å². The Bertz CT molecular complexity index is 767. The lowest BCUT2D eigenvalue weighted by molar-refractivity contribution is 0.102. The monoisotopic (exact) mass is 303 g/mol. The topological polar surface area (TPSA) is 20.3 Å². The molecule has 0 unspecified atom stereocenters. The Hall–Kier alpha value is -2.61. The number of allylic oxidation sites excluding steroid dienone is 3. The quantitative estimate of drug-likeness (QED) is 0.777. The van der Waals surface area contributed by atoms with Crippen molar-refractivity contribution in [3.63, 3.8) is 0 Å². The summed E-state index contributed by atoms with van der Waals surface area (Å²) >= 11 is 0. The molecule has 0 amide bonds. The zero-order chi connectivity index (χ0) is 16.2. The number of Topliss-reactive ketones (excluding diaryl/α,β-unsaturated/α-hetero) is 1. The maximum absolute atomic E-state index is 12.5. The predicted molar refractivity (Wildman–Crippen MR) is 97.0 cm³/mol. The smallest absolute Gasteiger partial charge is 0.189 e. The maximum atomic E-state index is 12.5. The van der Waals surface area contributed by atoms with Crippen LogP contribution in [0, 0.1) is 0 Å². The van der Waals surface area contributed by atoms with Gasteiger partial charge in [-0.05, 0) is 36.1 Å². The molecule has 0 aliphatic heterocycles. The van der Waals surface area contributed by atoms with E-state index in [1.807, 2.05) is 56.6 Å². The number of fused-ring (bicyclic) bond motifs is 1. The lowest BCUT2D eigenvalue weighted by Crippen LogP contribution is -2.13. The molecule has 0 heterocycles. The van der Waals surface area contributed by atoms with Crippen LogP contribution in [-0.4, -0.2) is 19.9 Å². The zero-order valence-corrected chi connectivity index (χ0v) is 13.6. The number of carbonyl (C=O) groups excluding carboxylic acids is 1. The van der Waals surface area contributed by atoms with Crippen molar-refractivity contribution in [3.05, 3.63) is 82.9 Å². The van der Waals surface area contributed by atoms with Gasteiger partial charge in [0.2, 0.25) is 0 Å². The Morgan fingerprint density at radius 1 is 0.957 bits per heavy atom. The van der Waals surface area contributed by atoms with Gasteiger partial charge >= 0.3 is 0 Å². The third kappa shape index (κ3) is 3.42. The fraction of sp³-hybridized carbons (Fsp3) is 0.190. The largest absolute Gasteiger partial charge is 0.378 e. The molecule has 3 rings (SSSR count). The molecule has 0 spiro atoms. The van der Waals surface area contributed by atoms with Crippen LogP contribution < -0.4 is 4.90 Å². The highest BCUT2D eigenvalue weighted by Gasteiger charge is 2.20. The number of hydrogen-bond acceptors (Lipinski definition) is 2. The molecule has 0 saturated carbocycles. The van der Waals surface area contributed by atoms with E-state index in [2.05, 4.69) is 29.2 Å². The fourth-order valence-electron chi connectivity index (χ4n) is 2.83. The van der Waals surface area contributed by atoms with E-state index in [4.69, 9.17) is 0 Å². The van der Waals surface area contributed by atoms with Crippen molar-refractivity contribution in [2.24, 2.45) is 0 Å². The Morgan fingerprint density at radius 3 is 2.43 bits per heavy atom. The fourth-order valence-corrected chi connectivity index (χ4v) is 2.83. The molecule has 0 bridgehead atoms. The van der Waals surface area contributed by atoms with E-state index in [-0.39, 0.29) is 5.78 Å². The van der Waals surface area contributed by atoms with Gasteiger partial charge in [0.05, 0.1) is 0 Å². The summed E-state index contributed by atoms with van der Waals surface area (Å²) in [6.07, 6.45) is 7.74. The summed E-state index contributed by atoms with van der Waals surface area (Å²) in [5.41, 5.74) is 5.23. The number of ketones is 1. The molecule has 1 aliphatic rings. The zero-order valence-electron chi connectivity index (χ0n) is 13.6. The molecule has 0 saturated heterocycles. The minimum atomic E-state index is 0.166. The van der Waals surface area contributed by atoms with Gasteiger partial charge in [0.1, 0.15) is 0 Å².